The van der Waals surface area contributed by atoms with E-state index in [4.69, 9.17) is 0 Å². The smallest absolute Gasteiger partial charge is 0.252 e. The second-order valence-corrected chi connectivity index (χ2v) is 5.42. The molecule has 5 heteroatoms. The number of benzene rings is 1. The van der Waals surface area contributed by atoms with Gasteiger partial charge < -0.3 is 5.32 Å². The molecule has 4 nitrogen and oxygen atoms in total. The molecule has 0 spiro atoms. The van der Waals surface area contributed by atoms with E-state index >= 15 is 0 Å². The van der Waals surface area contributed by atoms with Crippen LogP contribution in [0, 0.1) is 12.7 Å². The molecule has 0 saturated carbocycles. The maximum Gasteiger partial charge on any atom is 0.252 e. The summed E-state index contributed by atoms with van der Waals surface area (Å²) in [7, 11) is 0. The van der Waals surface area contributed by atoms with E-state index in [2.05, 4.69) is 5.32 Å². The van der Waals surface area contributed by atoms with Crippen LogP contribution in [0.3, 0.4) is 0 Å². The lowest BCUT2D eigenvalue weighted by atomic mass is 9.96. The van der Waals surface area contributed by atoms with Crippen LogP contribution in [-0.4, -0.2) is 23.4 Å². The Morgan fingerprint density at radius 1 is 1.32 bits per heavy atom. The van der Waals surface area contributed by atoms with Gasteiger partial charge in [-0.05, 0) is 45.4 Å². The summed E-state index contributed by atoms with van der Waals surface area (Å²) in [6.07, 6.45) is 0. The molecule has 1 saturated heterocycles. The number of piperazine rings is 1. The van der Waals surface area contributed by atoms with Gasteiger partial charge in [0.15, 0.2) is 0 Å². The molecule has 102 valence electrons. The van der Waals surface area contributed by atoms with Crippen LogP contribution >= 0.6 is 0 Å². The van der Waals surface area contributed by atoms with Gasteiger partial charge >= 0.3 is 0 Å². The highest BCUT2D eigenvalue weighted by atomic mass is 19.1. The summed E-state index contributed by atoms with van der Waals surface area (Å²) in [6, 6.07) is 3.79. The van der Waals surface area contributed by atoms with Gasteiger partial charge in [-0.3, -0.25) is 14.5 Å². The maximum atomic E-state index is 14.0. The Labute approximate surface area is 111 Å². The number of rotatable bonds is 1. The molecule has 1 unspecified atom stereocenters. The topological polar surface area (TPSA) is 49.4 Å². The summed E-state index contributed by atoms with van der Waals surface area (Å²) in [4.78, 5) is 25.6. The number of nitrogens with one attached hydrogen (secondary N) is 1. The Morgan fingerprint density at radius 2 is 1.95 bits per heavy atom. The molecule has 1 fully saturated rings. The van der Waals surface area contributed by atoms with E-state index < -0.39 is 17.4 Å². The van der Waals surface area contributed by atoms with Crippen LogP contribution in [0.1, 0.15) is 26.3 Å². The monoisotopic (exact) mass is 264 g/mol. The number of aryl methyl sites for hydroxylation is 1. The van der Waals surface area contributed by atoms with E-state index in [1.165, 1.54) is 11.0 Å². The molecule has 1 atom stereocenters. The standard InChI is InChI=1S/C14H17FN2O2/c1-8-5-6-10(15)11(7-8)17-9(2)12(18)16-14(3,4)13(17)19/h5-7,9H,1-4H3,(H,16,18). The largest absolute Gasteiger partial charge is 0.340 e. The third-order valence-corrected chi connectivity index (χ3v) is 3.32. The Balaban J connectivity index is 2.54. The molecule has 2 rings (SSSR count). The molecule has 0 radical (unpaired) electrons. The quantitative estimate of drug-likeness (QED) is 0.840. The van der Waals surface area contributed by atoms with E-state index in [0.717, 1.165) is 5.56 Å². The Kier molecular flexibility index (Phi) is 3.08. The fourth-order valence-electron chi connectivity index (χ4n) is 2.19. The Morgan fingerprint density at radius 3 is 2.58 bits per heavy atom. The van der Waals surface area contributed by atoms with Gasteiger partial charge in [-0.2, -0.15) is 0 Å². The van der Waals surface area contributed by atoms with Gasteiger partial charge in [0.05, 0.1) is 5.69 Å². The first kappa shape index (κ1) is 13.5. The summed E-state index contributed by atoms with van der Waals surface area (Å²) in [6.45, 7) is 6.62. The number of anilines is 1. The van der Waals surface area contributed by atoms with Crippen LogP contribution in [0.15, 0.2) is 18.2 Å². The number of nitrogens with zero attached hydrogens (tertiary/aromatic N) is 1. The highest BCUT2D eigenvalue weighted by molar-refractivity contribution is 6.10. The van der Waals surface area contributed by atoms with Crippen LogP contribution in [-0.2, 0) is 9.59 Å². The second kappa shape index (κ2) is 4.33. The molecule has 1 heterocycles. The number of hydrogen-bond acceptors (Lipinski definition) is 2. The number of amides is 2. The first-order chi connectivity index (χ1) is 8.74. The van der Waals surface area contributed by atoms with Gasteiger partial charge in [-0.1, -0.05) is 6.07 Å². The van der Waals surface area contributed by atoms with Crippen LogP contribution in [0.25, 0.3) is 0 Å². The van der Waals surface area contributed by atoms with Crippen molar-refractivity contribution in [2.75, 3.05) is 4.90 Å². The number of halogens is 1. The van der Waals surface area contributed by atoms with Crippen molar-refractivity contribution in [1.29, 1.82) is 0 Å². The van der Waals surface area contributed by atoms with Gasteiger partial charge in [0.2, 0.25) is 5.91 Å². The number of carbonyl (C=O) groups excluding carboxylic acids is 2. The molecular weight excluding hydrogens is 247 g/mol. The Hall–Kier alpha value is -1.91. The molecule has 1 aliphatic rings. The summed E-state index contributed by atoms with van der Waals surface area (Å²) in [5, 5.41) is 2.64. The summed E-state index contributed by atoms with van der Waals surface area (Å²) < 4.78 is 14.0. The van der Waals surface area contributed by atoms with E-state index in [1.54, 1.807) is 32.9 Å². The molecule has 2 amide bonds. The average Bonchev–Trinajstić information content (AvgIpc) is 2.31. The van der Waals surface area contributed by atoms with Gasteiger partial charge in [-0.25, -0.2) is 4.39 Å². The molecule has 0 aromatic heterocycles. The lowest BCUT2D eigenvalue weighted by Gasteiger charge is -2.41. The minimum Gasteiger partial charge on any atom is -0.340 e. The first-order valence-electron chi connectivity index (χ1n) is 6.16. The fraction of sp³-hybridized carbons (Fsp3) is 0.429. The van der Waals surface area contributed by atoms with Crippen LogP contribution in [0.2, 0.25) is 0 Å². The zero-order valence-corrected chi connectivity index (χ0v) is 11.5. The molecule has 19 heavy (non-hydrogen) atoms. The summed E-state index contributed by atoms with van der Waals surface area (Å²) in [5.41, 5.74) is -0.0413. The molecule has 0 aliphatic carbocycles. The third kappa shape index (κ3) is 2.20. The highest BCUT2D eigenvalue weighted by Gasteiger charge is 2.44. The van der Waals surface area contributed by atoms with Gasteiger partial charge in [0.1, 0.15) is 17.4 Å². The van der Waals surface area contributed by atoms with Crippen molar-refractivity contribution in [1.82, 2.24) is 5.32 Å². The van der Waals surface area contributed by atoms with Crippen molar-refractivity contribution in [3.8, 4) is 0 Å². The zero-order valence-electron chi connectivity index (χ0n) is 11.5. The fourth-order valence-corrected chi connectivity index (χ4v) is 2.19. The van der Waals surface area contributed by atoms with Crippen molar-refractivity contribution in [3.63, 3.8) is 0 Å². The van der Waals surface area contributed by atoms with E-state index in [1.807, 2.05) is 6.92 Å². The number of hydrogen-bond donors (Lipinski definition) is 1. The third-order valence-electron chi connectivity index (χ3n) is 3.32. The van der Waals surface area contributed by atoms with Crippen LogP contribution < -0.4 is 10.2 Å². The predicted molar refractivity (Wildman–Crippen MR) is 70.3 cm³/mol. The van der Waals surface area contributed by atoms with Crippen molar-refractivity contribution in [3.05, 3.63) is 29.6 Å². The molecule has 1 N–H and O–H groups in total. The minimum atomic E-state index is -1.03. The van der Waals surface area contributed by atoms with Crippen LogP contribution in [0.4, 0.5) is 10.1 Å². The normalized spacial score (nSPS) is 22.4. The molecule has 0 bridgehead atoms. The summed E-state index contributed by atoms with van der Waals surface area (Å²) >= 11 is 0. The molecule has 1 aliphatic heterocycles. The van der Waals surface area contributed by atoms with E-state index in [9.17, 15) is 14.0 Å². The van der Waals surface area contributed by atoms with E-state index in [-0.39, 0.29) is 17.5 Å². The predicted octanol–water partition coefficient (Wildman–Crippen LogP) is 1.76. The molecule has 1 aromatic carbocycles. The maximum absolute atomic E-state index is 14.0. The molecule has 1 aromatic rings. The molecular formula is C14H17FN2O2. The minimum absolute atomic E-state index is 0.153. The summed E-state index contributed by atoms with van der Waals surface area (Å²) in [5.74, 6) is -1.11. The lowest BCUT2D eigenvalue weighted by molar-refractivity contribution is -0.136. The van der Waals surface area contributed by atoms with Gasteiger partial charge in [-0.15, -0.1) is 0 Å². The number of carbonyl (C=O) groups is 2. The van der Waals surface area contributed by atoms with Gasteiger partial charge in [0.25, 0.3) is 5.91 Å². The van der Waals surface area contributed by atoms with E-state index in [0.29, 0.717) is 0 Å². The lowest BCUT2D eigenvalue weighted by Crippen LogP contribution is -2.67. The SMILES string of the molecule is Cc1ccc(F)c(N2C(=O)C(C)(C)NC(=O)C2C)c1. The van der Waals surface area contributed by atoms with Crippen molar-refractivity contribution in [2.24, 2.45) is 0 Å². The zero-order chi connectivity index (χ0) is 14.4. The van der Waals surface area contributed by atoms with Gasteiger partial charge in [0, 0.05) is 0 Å². The Bertz CT molecular complexity index is 554. The highest BCUT2D eigenvalue weighted by Crippen LogP contribution is 2.28. The van der Waals surface area contributed by atoms with Crippen molar-refractivity contribution in [2.45, 2.75) is 39.3 Å². The average molecular weight is 264 g/mol. The van der Waals surface area contributed by atoms with Crippen LogP contribution in [0.5, 0.6) is 0 Å². The van der Waals surface area contributed by atoms with Crippen molar-refractivity contribution >= 4 is 17.5 Å². The second-order valence-electron chi connectivity index (χ2n) is 5.42. The first-order valence-corrected chi connectivity index (χ1v) is 6.16. The van der Waals surface area contributed by atoms with Crippen molar-refractivity contribution < 1.29 is 14.0 Å².